The molecule has 0 nitrogen and oxygen atoms in total. The minimum absolute atomic E-state index is 1.17. The third-order valence-electron chi connectivity index (χ3n) is 3.50. The van der Waals surface area contributed by atoms with Crippen LogP contribution in [0.4, 0.5) is 0 Å². The second-order valence-corrected chi connectivity index (χ2v) is 6.36. The van der Waals surface area contributed by atoms with Gasteiger partial charge in [-0.15, -0.1) is 0 Å². The number of fused-ring (bicyclic) bond motifs is 3. The molecule has 90 valence electrons. The van der Waals surface area contributed by atoms with Gasteiger partial charge in [-0.05, 0) is 64.7 Å². The van der Waals surface area contributed by atoms with Crippen LogP contribution in [0.15, 0.2) is 45.3 Å². The van der Waals surface area contributed by atoms with Crippen molar-refractivity contribution < 1.29 is 0 Å². The quantitative estimate of drug-likeness (QED) is 0.421. The maximum Gasteiger partial charge on any atom is 0.0210 e. The molecule has 0 saturated heterocycles. The highest BCUT2D eigenvalue weighted by molar-refractivity contribution is 9.10. The van der Waals surface area contributed by atoms with E-state index in [1.54, 1.807) is 0 Å². The van der Waals surface area contributed by atoms with Gasteiger partial charge in [0.05, 0.1) is 0 Å². The van der Waals surface area contributed by atoms with Crippen molar-refractivity contribution in [3.05, 3.63) is 56.5 Å². The molecule has 0 aromatic heterocycles. The Morgan fingerprint density at radius 3 is 2.22 bits per heavy atom. The summed E-state index contributed by atoms with van der Waals surface area (Å²) in [6.45, 7) is 4.29. The molecule has 0 N–H and O–H groups in total. The van der Waals surface area contributed by atoms with Gasteiger partial charge < -0.3 is 0 Å². The largest absolute Gasteiger partial charge is 0.0537 e. The van der Waals surface area contributed by atoms with Gasteiger partial charge in [0.15, 0.2) is 0 Å². The highest BCUT2D eigenvalue weighted by atomic mass is 79.9. The Kier molecular flexibility index (Phi) is 2.95. The molecule has 0 atom stereocenters. The zero-order valence-electron chi connectivity index (χ0n) is 10.2. The lowest BCUT2D eigenvalue weighted by Crippen LogP contribution is -1.84. The molecule has 0 heterocycles. The van der Waals surface area contributed by atoms with Crippen LogP contribution in [0, 0.1) is 13.8 Å². The molecule has 0 amide bonds. The molecule has 0 aliphatic carbocycles. The number of halogens is 2. The van der Waals surface area contributed by atoms with Crippen molar-refractivity contribution in [3.8, 4) is 0 Å². The molecule has 0 fully saturated rings. The molecule has 2 heteroatoms. The molecule has 0 aliphatic rings. The Labute approximate surface area is 123 Å². The summed E-state index contributed by atoms with van der Waals surface area (Å²) in [4.78, 5) is 0. The van der Waals surface area contributed by atoms with E-state index >= 15 is 0 Å². The monoisotopic (exact) mass is 362 g/mol. The lowest BCUT2D eigenvalue weighted by Gasteiger charge is -2.09. The third kappa shape index (κ3) is 1.79. The number of rotatable bonds is 0. The molecule has 18 heavy (non-hydrogen) atoms. The van der Waals surface area contributed by atoms with Gasteiger partial charge in [-0.1, -0.05) is 50.1 Å². The van der Waals surface area contributed by atoms with Crippen LogP contribution in [0.3, 0.4) is 0 Å². The summed E-state index contributed by atoms with van der Waals surface area (Å²) in [6, 6.07) is 13.2. The van der Waals surface area contributed by atoms with E-state index in [4.69, 9.17) is 0 Å². The zero-order chi connectivity index (χ0) is 12.9. The number of hydrogen-bond acceptors (Lipinski definition) is 0. The smallest absolute Gasteiger partial charge is 0.0210 e. The van der Waals surface area contributed by atoms with Crippen LogP contribution in [0.5, 0.6) is 0 Å². The maximum absolute atomic E-state index is 3.60. The van der Waals surface area contributed by atoms with Gasteiger partial charge in [-0.2, -0.15) is 0 Å². The summed E-state index contributed by atoms with van der Waals surface area (Å²) in [5.74, 6) is 0. The second kappa shape index (κ2) is 4.36. The average Bonchev–Trinajstić information content (AvgIpc) is 2.35. The van der Waals surface area contributed by atoms with Gasteiger partial charge in [-0.3, -0.25) is 0 Å². The Morgan fingerprint density at radius 1 is 0.722 bits per heavy atom. The van der Waals surface area contributed by atoms with E-state index in [0.29, 0.717) is 0 Å². The fourth-order valence-electron chi connectivity index (χ4n) is 2.39. The first-order chi connectivity index (χ1) is 8.58. The lowest BCUT2D eigenvalue weighted by molar-refractivity contribution is 1.46. The summed E-state index contributed by atoms with van der Waals surface area (Å²) in [7, 11) is 0. The zero-order valence-corrected chi connectivity index (χ0v) is 13.4. The SMILES string of the molecule is Cc1cc2c(ccc3c(C)c(Br)ccc32)cc1Br. The van der Waals surface area contributed by atoms with E-state index in [-0.39, 0.29) is 0 Å². The van der Waals surface area contributed by atoms with Crippen molar-refractivity contribution in [1.82, 2.24) is 0 Å². The van der Waals surface area contributed by atoms with Crippen molar-refractivity contribution in [3.63, 3.8) is 0 Å². The first kappa shape index (κ1) is 12.2. The van der Waals surface area contributed by atoms with Crippen LogP contribution >= 0.6 is 31.9 Å². The average molecular weight is 364 g/mol. The molecule has 0 saturated carbocycles. The Bertz CT molecular complexity index is 773. The minimum Gasteiger partial charge on any atom is -0.0537 e. The van der Waals surface area contributed by atoms with E-state index in [0.717, 1.165) is 0 Å². The molecule has 3 aromatic rings. The number of hydrogen-bond donors (Lipinski definition) is 0. The van der Waals surface area contributed by atoms with Crippen LogP contribution in [0.1, 0.15) is 11.1 Å². The van der Waals surface area contributed by atoms with Gasteiger partial charge in [0.2, 0.25) is 0 Å². The molecule has 0 bridgehead atoms. The fraction of sp³-hybridized carbons (Fsp3) is 0.125. The van der Waals surface area contributed by atoms with Gasteiger partial charge in [0.25, 0.3) is 0 Å². The predicted molar refractivity (Wildman–Crippen MR) is 86.3 cm³/mol. The van der Waals surface area contributed by atoms with E-state index in [1.807, 2.05) is 0 Å². The Morgan fingerprint density at radius 2 is 1.44 bits per heavy atom. The van der Waals surface area contributed by atoms with Gasteiger partial charge in [-0.25, -0.2) is 0 Å². The molecule has 3 aromatic carbocycles. The number of benzene rings is 3. The third-order valence-corrected chi connectivity index (χ3v) is 5.21. The molecular formula is C16H12Br2. The summed E-state index contributed by atoms with van der Waals surface area (Å²) >= 11 is 7.20. The van der Waals surface area contributed by atoms with E-state index in [9.17, 15) is 0 Å². The van der Waals surface area contributed by atoms with Crippen LogP contribution in [-0.2, 0) is 0 Å². The highest BCUT2D eigenvalue weighted by Gasteiger charge is 2.06. The van der Waals surface area contributed by atoms with Crippen molar-refractivity contribution in [2.24, 2.45) is 0 Å². The molecule has 3 rings (SSSR count). The van der Waals surface area contributed by atoms with Gasteiger partial charge >= 0.3 is 0 Å². The Balaban J connectivity index is 2.54. The topological polar surface area (TPSA) is 0 Å². The lowest BCUT2D eigenvalue weighted by atomic mass is 9.98. The van der Waals surface area contributed by atoms with Crippen molar-refractivity contribution in [1.29, 1.82) is 0 Å². The predicted octanol–water partition coefficient (Wildman–Crippen LogP) is 6.13. The summed E-state index contributed by atoms with van der Waals surface area (Å²) in [5, 5.41) is 5.24. The standard InChI is InChI=1S/C16H12Br2/c1-9-7-14-11(8-16(9)18)3-4-12-10(2)15(17)6-5-13(12)14/h3-8H,1-2H3. The van der Waals surface area contributed by atoms with Crippen LogP contribution < -0.4 is 0 Å². The molecule has 0 spiro atoms. The first-order valence-electron chi connectivity index (χ1n) is 5.85. The Hall–Kier alpha value is -0.860. The first-order valence-corrected chi connectivity index (χ1v) is 7.44. The molecule has 0 unspecified atom stereocenters. The van der Waals surface area contributed by atoms with Crippen molar-refractivity contribution in [2.45, 2.75) is 13.8 Å². The molecular weight excluding hydrogens is 352 g/mol. The van der Waals surface area contributed by atoms with Crippen LogP contribution in [-0.4, -0.2) is 0 Å². The maximum atomic E-state index is 3.60. The van der Waals surface area contributed by atoms with E-state index in [1.165, 1.54) is 41.6 Å². The van der Waals surface area contributed by atoms with Crippen LogP contribution in [0.2, 0.25) is 0 Å². The second-order valence-electron chi connectivity index (χ2n) is 4.66. The molecule has 0 aliphatic heterocycles. The van der Waals surface area contributed by atoms with Gasteiger partial charge in [0.1, 0.15) is 0 Å². The van der Waals surface area contributed by atoms with Crippen molar-refractivity contribution >= 4 is 53.4 Å². The summed E-state index contributed by atoms with van der Waals surface area (Å²) < 4.78 is 2.34. The normalized spacial score (nSPS) is 11.3. The fourth-order valence-corrected chi connectivity index (χ4v) is 3.10. The molecule has 0 radical (unpaired) electrons. The van der Waals surface area contributed by atoms with Gasteiger partial charge in [0, 0.05) is 8.95 Å². The van der Waals surface area contributed by atoms with Crippen LogP contribution in [0.25, 0.3) is 21.5 Å². The van der Waals surface area contributed by atoms with Crippen molar-refractivity contribution in [2.75, 3.05) is 0 Å². The number of aryl methyl sites for hydroxylation is 2. The van der Waals surface area contributed by atoms with E-state index in [2.05, 4.69) is 82.1 Å². The minimum atomic E-state index is 1.17. The highest BCUT2D eigenvalue weighted by Crippen LogP contribution is 2.33. The summed E-state index contributed by atoms with van der Waals surface area (Å²) in [5.41, 5.74) is 2.57. The van der Waals surface area contributed by atoms with E-state index < -0.39 is 0 Å². The summed E-state index contributed by atoms with van der Waals surface area (Å²) in [6.07, 6.45) is 0.